The van der Waals surface area contributed by atoms with E-state index in [4.69, 9.17) is 5.11 Å². The molecule has 1 aliphatic rings. The third kappa shape index (κ3) is 3.53. The summed E-state index contributed by atoms with van der Waals surface area (Å²) in [6.07, 6.45) is -2.48. The SMILES string of the molecule is O=C(NC1CCCC1CO)c1cc(C(F)(F)F)ccc1F. The highest BCUT2D eigenvalue weighted by Crippen LogP contribution is 2.31. The first-order chi connectivity index (χ1) is 9.82. The van der Waals surface area contributed by atoms with Gasteiger partial charge in [0.05, 0.1) is 11.1 Å². The molecule has 0 heterocycles. The Morgan fingerprint density at radius 3 is 2.67 bits per heavy atom. The number of aliphatic hydroxyl groups excluding tert-OH is 1. The molecule has 21 heavy (non-hydrogen) atoms. The first kappa shape index (κ1) is 15.8. The lowest BCUT2D eigenvalue weighted by Crippen LogP contribution is -2.39. The van der Waals surface area contributed by atoms with Crippen molar-refractivity contribution < 1.29 is 27.5 Å². The molecule has 2 unspecified atom stereocenters. The number of benzene rings is 1. The molecule has 0 radical (unpaired) electrons. The second-order valence-electron chi connectivity index (χ2n) is 5.15. The lowest BCUT2D eigenvalue weighted by atomic mass is 10.0. The number of aliphatic hydroxyl groups is 1. The summed E-state index contributed by atoms with van der Waals surface area (Å²) in [6, 6.07) is 1.40. The first-order valence-electron chi connectivity index (χ1n) is 6.61. The molecule has 1 saturated carbocycles. The van der Waals surface area contributed by atoms with Gasteiger partial charge in [0.25, 0.3) is 5.91 Å². The van der Waals surface area contributed by atoms with Crippen LogP contribution >= 0.6 is 0 Å². The second-order valence-corrected chi connectivity index (χ2v) is 5.15. The van der Waals surface area contributed by atoms with Crippen molar-refractivity contribution in [2.75, 3.05) is 6.61 Å². The minimum atomic E-state index is -4.64. The Labute approximate surface area is 119 Å². The summed E-state index contributed by atoms with van der Waals surface area (Å²) in [5, 5.41) is 11.7. The van der Waals surface area contributed by atoms with Gasteiger partial charge in [-0.05, 0) is 31.0 Å². The smallest absolute Gasteiger partial charge is 0.396 e. The molecule has 1 fully saturated rings. The summed E-state index contributed by atoms with van der Waals surface area (Å²) >= 11 is 0. The molecular weight excluding hydrogens is 290 g/mol. The highest BCUT2D eigenvalue weighted by Gasteiger charge is 2.33. The maximum absolute atomic E-state index is 13.6. The molecule has 0 spiro atoms. The average Bonchev–Trinajstić information content (AvgIpc) is 2.84. The van der Waals surface area contributed by atoms with E-state index in [0.717, 1.165) is 12.8 Å². The molecule has 2 rings (SSSR count). The monoisotopic (exact) mass is 305 g/mol. The fourth-order valence-electron chi connectivity index (χ4n) is 2.57. The summed E-state index contributed by atoms with van der Waals surface area (Å²) in [4.78, 5) is 12.0. The van der Waals surface area contributed by atoms with Crippen molar-refractivity contribution in [1.82, 2.24) is 5.32 Å². The van der Waals surface area contributed by atoms with Crippen LogP contribution in [0.15, 0.2) is 18.2 Å². The number of hydrogen-bond acceptors (Lipinski definition) is 2. The van der Waals surface area contributed by atoms with E-state index in [1.165, 1.54) is 0 Å². The van der Waals surface area contributed by atoms with Gasteiger partial charge in [0.2, 0.25) is 0 Å². The summed E-state index contributed by atoms with van der Waals surface area (Å²) in [6.45, 7) is -0.115. The van der Waals surface area contributed by atoms with Gasteiger partial charge in [0.15, 0.2) is 0 Å². The van der Waals surface area contributed by atoms with Crippen LogP contribution in [0.25, 0.3) is 0 Å². The molecular formula is C14H15F4NO2. The highest BCUT2D eigenvalue weighted by molar-refractivity contribution is 5.94. The van der Waals surface area contributed by atoms with Crippen molar-refractivity contribution >= 4 is 5.91 Å². The van der Waals surface area contributed by atoms with Crippen LogP contribution in [0.3, 0.4) is 0 Å². The van der Waals surface area contributed by atoms with E-state index in [1.54, 1.807) is 0 Å². The van der Waals surface area contributed by atoms with Crippen molar-refractivity contribution in [3.63, 3.8) is 0 Å². The summed E-state index contributed by atoms with van der Waals surface area (Å²) < 4.78 is 51.4. The number of alkyl halides is 3. The maximum atomic E-state index is 13.6. The van der Waals surface area contributed by atoms with Crippen LogP contribution < -0.4 is 5.32 Å². The van der Waals surface area contributed by atoms with E-state index in [-0.39, 0.29) is 18.6 Å². The molecule has 2 atom stereocenters. The normalized spacial score (nSPS) is 22.3. The van der Waals surface area contributed by atoms with Crippen molar-refractivity contribution in [2.24, 2.45) is 5.92 Å². The lowest BCUT2D eigenvalue weighted by Gasteiger charge is -2.19. The molecule has 0 bridgehead atoms. The van der Waals surface area contributed by atoms with Gasteiger partial charge in [0.1, 0.15) is 5.82 Å². The van der Waals surface area contributed by atoms with E-state index in [2.05, 4.69) is 5.32 Å². The predicted octanol–water partition coefficient (Wildman–Crippen LogP) is 2.74. The van der Waals surface area contributed by atoms with Crippen molar-refractivity contribution in [3.05, 3.63) is 35.1 Å². The Balaban J connectivity index is 2.19. The van der Waals surface area contributed by atoms with Crippen molar-refractivity contribution in [1.29, 1.82) is 0 Å². The van der Waals surface area contributed by atoms with E-state index < -0.39 is 29.0 Å². The van der Waals surface area contributed by atoms with Crippen molar-refractivity contribution in [2.45, 2.75) is 31.5 Å². The fourth-order valence-corrected chi connectivity index (χ4v) is 2.57. The number of rotatable bonds is 3. The Hall–Kier alpha value is -1.63. The Kier molecular flexibility index (Phi) is 4.51. The summed E-state index contributed by atoms with van der Waals surface area (Å²) in [7, 11) is 0. The molecule has 3 nitrogen and oxygen atoms in total. The van der Waals surface area contributed by atoms with Gasteiger partial charge in [-0.3, -0.25) is 4.79 Å². The van der Waals surface area contributed by atoms with Crippen LogP contribution in [0.5, 0.6) is 0 Å². The van der Waals surface area contributed by atoms with E-state index in [0.29, 0.717) is 24.6 Å². The Morgan fingerprint density at radius 1 is 1.33 bits per heavy atom. The van der Waals surface area contributed by atoms with Gasteiger partial charge < -0.3 is 10.4 Å². The Morgan fingerprint density at radius 2 is 2.05 bits per heavy atom. The van der Waals surface area contributed by atoms with Gasteiger partial charge in [0, 0.05) is 18.6 Å². The van der Waals surface area contributed by atoms with Crippen molar-refractivity contribution in [3.8, 4) is 0 Å². The average molecular weight is 305 g/mol. The zero-order valence-corrected chi connectivity index (χ0v) is 11.1. The number of amides is 1. The highest BCUT2D eigenvalue weighted by atomic mass is 19.4. The zero-order chi connectivity index (χ0) is 15.6. The number of hydrogen-bond donors (Lipinski definition) is 2. The molecule has 0 aromatic heterocycles. The lowest BCUT2D eigenvalue weighted by molar-refractivity contribution is -0.137. The van der Waals surface area contributed by atoms with Crippen LogP contribution in [0.2, 0.25) is 0 Å². The topological polar surface area (TPSA) is 49.3 Å². The van der Waals surface area contributed by atoms with Crippen LogP contribution in [0, 0.1) is 11.7 Å². The van der Waals surface area contributed by atoms with E-state index in [1.807, 2.05) is 0 Å². The van der Waals surface area contributed by atoms with Crippen LogP contribution in [0.4, 0.5) is 17.6 Å². The predicted molar refractivity (Wildman–Crippen MR) is 67.1 cm³/mol. The maximum Gasteiger partial charge on any atom is 0.416 e. The first-order valence-corrected chi connectivity index (χ1v) is 6.61. The minimum absolute atomic E-state index is 0.115. The number of carbonyl (C=O) groups excluding carboxylic acids is 1. The number of halogens is 4. The molecule has 1 amide bonds. The number of carbonyl (C=O) groups is 1. The standard InChI is InChI=1S/C14H15F4NO2/c15-11-5-4-9(14(16,17)18)6-10(11)13(21)19-12-3-1-2-8(12)7-20/h4-6,8,12,20H,1-3,7H2,(H,19,21). The molecule has 1 aliphatic carbocycles. The van der Waals surface area contributed by atoms with Gasteiger partial charge in [-0.15, -0.1) is 0 Å². The van der Waals surface area contributed by atoms with E-state index >= 15 is 0 Å². The zero-order valence-electron chi connectivity index (χ0n) is 11.1. The minimum Gasteiger partial charge on any atom is -0.396 e. The third-order valence-electron chi connectivity index (χ3n) is 3.75. The molecule has 1 aromatic carbocycles. The molecule has 116 valence electrons. The summed E-state index contributed by atoms with van der Waals surface area (Å²) in [5.74, 6) is -2.02. The quantitative estimate of drug-likeness (QED) is 0.844. The number of nitrogens with one attached hydrogen (secondary N) is 1. The van der Waals surface area contributed by atoms with Crippen LogP contribution in [-0.4, -0.2) is 23.7 Å². The molecule has 0 aliphatic heterocycles. The van der Waals surface area contributed by atoms with Crippen LogP contribution in [0.1, 0.15) is 35.2 Å². The largest absolute Gasteiger partial charge is 0.416 e. The van der Waals surface area contributed by atoms with E-state index in [9.17, 15) is 22.4 Å². The molecule has 7 heteroatoms. The summed E-state index contributed by atoms with van der Waals surface area (Å²) in [5.41, 5.74) is -1.70. The second kappa shape index (κ2) is 6.01. The Bertz CT molecular complexity index is 530. The molecule has 2 N–H and O–H groups in total. The van der Waals surface area contributed by atoms with Gasteiger partial charge in [-0.25, -0.2) is 4.39 Å². The fraction of sp³-hybridized carbons (Fsp3) is 0.500. The molecule has 1 aromatic rings. The third-order valence-corrected chi connectivity index (χ3v) is 3.75. The molecule has 0 saturated heterocycles. The van der Waals surface area contributed by atoms with Gasteiger partial charge in [-0.1, -0.05) is 6.42 Å². The van der Waals surface area contributed by atoms with Crippen LogP contribution in [-0.2, 0) is 6.18 Å². The van der Waals surface area contributed by atoms with Gasteiger partial charge in [-0.2, -0.15) is 13.2 Å². The van der Waals surface area contributed by atoms with Gasteiger partial charge >= 0.3 is 6.18 Å².